The van der Waals surface area contributed by atoms with Gasteiger partial charge in [-0.15, -0.1) is 0 Å². The van der Waals surface area contributed by atoms with E-state index in [1.807, 2.05) is 12.1 Å². The number of alkyl carbamates (subject to hydrolysis) is 1. The third kappa shape index (κ3) is 3.15. The van der Waals surface area contributed by atoms with Gasteiger partial charge in [0.2, 0.25) is 0 Å². The molecule has 0 spiro atoms. The van der Waals surface area contributed by atoms with E-state index in [2.05, 4.69) is 27.1 Å². The molecule has 1 amide bonds. The van der Waals surface area contributed by atoms with Gasteiger partial charge in [0.05, 0.1) is 7.11 Å². The topological polar surface area (TPSA) is 41.6 Å². The minimum absolute atomic E-state index is 0.386. The van der Waals surface area contributed by atoms with E-state index >= 15 is 0 Å². The van der Waals surface area contributed by atoms with Crippen molar-refractivity contribution in [3.63, 3.8) is 0 Å². The molecule has 1 aliphatic rings. The summed E-state index contributed by atoms with van der Waals surface area (Å²) < 4.78 is 4.59. The van der Waals surface area contributed by atoms with E-state index in [1.165, 1.54) is 32.1 Å². The Morgan fingerprint density at radius 1 is 1.28 bits per heavy atom. The summed E-state index contributed by atoms with van der Waals surface area (Å²) in [4.78, 5) is 13.5. The number of nitrogens with one attached hydrogen (secondary N) is 1. The van der Waals surface area contributed by atoms with E-state index in [-0.39, 0.29) is 6.09 Å². The van der Waals surface area contributed by atoms with Crippen LogP contribution < -0.4 is 10.2 Å². The van der Waals surface area contributed by atoms with Crippen LogP contribution in [-0.2, 0) is 11.3 Å². The molecular formula is C14H20N2O2. The van der Waals surface area contributed by atoms with E-state index in [9.17, 15) is 4.79 Å². The quantitative estimate of drug-likeness (QED) is 0.893. The summed E-state index contributed by atoms with van der Waals surface area (Å²) in [5, 5.41) is 2.74. The predicted octanol–water partition coefficient (Wildman–Crippen LogP) is 2.53. The average Bonchev–Trinajstić information content (AvgIpc) is 2.46. The van der Waals surface area contributed by atoms with Gasteiger partial charge in [0, 0.05) is 25.3 Å². The molecule has 0 bridgehead atoms. The summed E-state index contributed by atoms with van der Waals surface area (Å²) in [6, 6.07) is 8.23. The van der Waals surface area contributed by atoms with Gasteiger partial charge in [-0.05, 0) is 30.9 Å². The zero-order chi connectivity index (χ0) is 12.8. The van der Waals surface area contributed by atoms with E-state index in [0.29, 0.717) is 6.54 Å². The van der Waals surface area contributed by atoms with Crippen molar-refractivity contribution in [2.75, 3.05) is 25.1 Å². The normalized spacial score (nSPS) is 15.3. The second-order valence-corrected chi connectivity index (χ2v) is 4.52. The average molecular weight is 248 g/mol. The summed E-state index contributed by atoms with van der Waals surface area (Å²) >= 11 is 0. The minimum Gasteiger partial charge on any atom is -0.453 e. The van der Waals surface area contributed by atoms with E-state index < -0.39 is 0 Å². The molecule has 0 aliphatic carbocycles. The Balaban J connectivity index is 2.06. The number of rotatable bonds is 3. The van der Waals surface area contributed by atoms with Gasteiger partial charge in [0.15, 0.2) is 0 Å². The largest absolute Gasteiger partial charge is 0.453 e. The Morgan fingerprint density at radius 3 is 2.72 bits per heavy atom. The van der Waals surface area contributed by atoms with Gasteiger partial charge in [-0.3, -0.25) is 0 Å². The van der Waals surface area contributed by atoms with Gasteiger partial charge < -0.3 is 15.0 Å². The maximum Gasteiger partial charge on any atom is 0.407 e. The highest BCUT2D eigenvalue weighted by Crippen LogP contribution is 2.23. The highest BCUT2D eigenvalue weighted by molar-refractivity contribution is 5.67. The Bertz CT molecular complexity index is 401. The number of ether oxygens (including phenoxy) is 1. The SMILES string of the molecule is COC(=O)NCc1ccccc1N1CCCCC1. The minimum atomic E-state index is -0.386. The summed E-state index contributed by atoms with van der Waals surface area (Å²) in [6.45, 7) is 2.73. The van der Waals surface area contributed by atoms with Crippen LogP contribution >= 0.6 is 0 Å². The molecule has 1 N–H and O–H groups in total. The van der Waals surface area contributed by atoms with Crippen LogP contribution in [0.3, 0.4) is 0 Å². The number of hydrogen-bond acceptors (Lipinski definition) is 3. The van der Waals surface area contributed by atoms with Crippen molar-refractivity contribution in [1.29, 1.82) is 0 Å². The lowest BCUT2D eigenvalue weighted by molar-refractivity contribution is 0.170. The van der Waals surface area contributed by atoms with E-state index in [1.54, 1.807) is 0 Å². The Labute approximate surface area is 108 Å². The fourth-order valence-electron chi connectivity index (χ4n) is 2.34. The first kappa shape index (κ1) is 12.7. The van der Waals surface area contributed by atoms with Crippen LogP contribution in [0.15, 0.2) is 24.3 Å². The number of nitrogens with zero attached hydrogens (tertiary/aromatic N) is 1. The lowest BCUT2D eigenvalue weighted by Crippen LogP contribution is -2.31. The summed E-state index contributed by atoms with van der Waals surface area (Å²) in [6.07, 6.45) is 3.43. The molecule has 0 saturated carbocycles. The molecule has 0 radical (unpaired) electrons. The highest BCUT2D eigenvalue weighted by Gasteiger charge is 2.14. The number of anilines is 1. The monoisotopic (exact) mass is 248 g/mol. The summed E-state index contributed by atoms with van der Waals surface area (Å²) in [5.41, 5.74) is 2.37. The molecule has 1 saturated heterocycles. The number of para-hydroxylation sites is 1. The molecule has 0 aromatic heterocycles. The third-order valence-electron chi connectivity index (χ3n) is 3.30. The van der Waals surface area contributed by atoms with Crippen molar-refractivity contribution in [2.45, 2.75) is 25.8 Å². The zero-order valence-corrected chi connectivity index (χ0v) is 10.8. The number of carbonyl (C=O) groups is 1. The highest BCUT2D eigenvalue weighted by atomic mass is 16.5. The van der Waals surface area contributed by atoms with Gasteiger partial charge in [0.25, 0.3) is 0 Å². The van der Waals surface area contributed by atoms with Gasteiger partial charge >= 0.3 is 6.09 Å². The number of carbonyl (C=O) groups excluding carboxylic acids is 1. The standard InChI is InChI=1S/C14H20N2O2/c1-18-14(17)15-11-12-7-3-4-8-13(12)16-9-5-2-6-10-16/h3-4,7-8H,2,5-6,9-11H2,1H3,(H,15,17). The maximum absolute atomic E-state index is 11.1. The molecule has 18 heavy (non-hydrogen) atoms. The van der Waals surface area contributed by atoms with Crippen LogP contribution in [0.2, 0.25) is 0 Å². The maximum atomic E-state index is 11.1. The van der Waals surface area contributed by atoms with Crippen LogP contribution in [0.5, 0.6) is 0 Å². The number of hydrogen-bond donors (Lipinski definition) is 1. The molecule has 1 aromatic carbocycles. The van der Waals surface area contributed by atoms with Gasteiger partial charge in [-0.1, -0.05) is 18.2 Å². The molecule has 0 atom stereocenters. The molecule has 4 heteroatoms. The molecule has 2 rings (SSSR count). The first-order chi connectivity index (χ1) is 8.81. The van der Waals surface area contributed by atoms with Crippen LogP contribution in [0, 0.1) is 0 Å². The molecule has 4 nitrogen and oxygen atoms in total. The van der Waals surface area contributed by atoms with E-state index in [0.717, 1.165) is 18.7 Å². The molecule has 0 unspecified atom stereocenters. The second-order valence-electron chi connectivity index (χ2n) is 4.52. The molecule has 1 fully saturated rings. The Kier molecular flexibility index (Phi) is 4.45. The molecular weight excluding hydrogens is 228 g/mol. The van der Waals surface area contributed by atoms with Crippen molar-refractivity contribution in [3.8, 4) is 0 Å². The van der Waals surface area contributed by atoms with Crippen molar-refractivity contribution >= 4 is 11.8 Å². The van der Waals surface area contributed by atoms with Crippen molar-refractivity contribution < 1.29 is 9.53 Å². The zero-order valence-electron chi connectivity index (χ0n) is 10.8. The van der Waals surface area contributed by atoms with Gasteiger partial charge in [0.1, 0.15) is 0 Å². The van der Waals surface area contributed by atoms with Crippen LogP contribution in [-0.4, -0.2) is 26.3 Å². The van der Waals surface area contributed by atoms with Crippen LogP contribution in [0.4, 0.5) is 10.5 Å². The summed E-state index contributed by atoms with van der Waals surface area (Å²) in [5.74, 6) is 0. The van der Waals surface area contributed by atoms with Gasteiger partial charge in [-0.25, -0.2) is 4.79 Å². The fourth-order valence-corrected chi connectivity index (χ4v) is 2.34. The molecule has 1 aromatic rings. The molecule has 1 heterocycles. The lowest BCUT2D eigenvalue weighted by Gasteiger charge is -2.30. The number of methoxy groups -OCH3 is 1. The number of piperidine rings is 1. The third-order valence-corrected chi connectivity index (χ3v) is 3.30. The van der Waals surface area contributed by atoms with Crippen LogP contribution in [0.1, 0.15) is 24.8 Å². The lowest BCUT2D eigenvalue weighted by atomic mass is 10.1. The smallest absolute Gasteiger partial charge is 0.407 e. The predicted molar refractivity (Wildman–Crippen MR) is 71.8 cm³/mol. The Hall–Kier alpha value is -1.71. The van der Waals surface area contributed by atoms with Gasteiger partial charge in [-0.2, -0.15) is 0 Å². The number of benzene rings is 1. The summed E-state index contributed by atoms with van der Waals surface area (Å²) in [7, 11) is 1.38. The number of amides is 1. The van der Waals surface area contributed by atoms with Crippen LogP contribution in [0.25, 0.3) is 0 Å². The first-order valence-corrected chi connectivity index (χ1v) is 6.46. The van der Waals surface area contributed by atoms with E-state index in [4.69, 9.17) is 0 Å². The second kappa shape index (κ2) is 6.28. The molecule has 1 aliphatic heterocycles. The first-order valence-electron chi connectivity index (χ1n) is 6.46. The van der Waals surface area contributed by atoms with Crippen molar-refractivity contribution in [2.24, 2.45) is 0 Å². The Morgan fingerprint density at radius 2 is 2.00 bits per heavy atom. The molecule has 98 valence electrons. The van der Waals surface area contributed by atoms with Crippen molar-refractivity contribution in [3.05, 3.63) is 29.8 Å². The fraction of sp³-hybridized carbons (Fsp3) is 0.500. The van der Waals surface area contributed by atoms with Crippen molar-refractivity contribution in [1.82, 2.24) is 5.32 Å².